The summed E-state index contributed by atoms with van der Waals surface area (Å²) in [5.41, 5.74) is 2.17. The van der Waals surface area contributed by atoms with E-state index in [0.29, 0.717) is 22.8 Å². The van der Waals surface area contributed by atoms with Crippen LogP contribution < -0.4 is 10.2 Å². The van der Waals surface area contributed by atoms with Crippen LogP contribution in [-0.2, 0) is 4.79 Å². The fourth-order valence-electron chi connectivity index (χ4n) is 2.24. The minimum absolute atomic E-state index is 0.0416. The molecule has 1 fully saturated rings. The van der Waals surface area contributed by atoms with Gasteiger partial charge in [-0.2, -0.15) is 8.75 Å². The van der Waals surface area contributed by atoms with E-state index in [1.54, 1.807) is 18.0 Å². The lowest BCUT2D eigenvalue weighted by atomic mass is 10.2. The Labute approximate surface area is 113 Å². The van der Waals surface area contributed by atoms with Crippen molar-refractivity contribution in [1.82, 2.24) is 14.1 Å². The lowest BCUT2D eigenvalue weighted by Gasteiger charge is -2.18. The van der Waals surface area contributed by atoms with Crippen LogP contribution in [0.15, 0.2) is 12.1 Å². The van der Waals surface area contributed by atoms with Crippen LogP contribution >= 0.6 is 23.3 Å². The Morgan fingerprint density at radius 3 is 3.06 bits per heavy atom. The molecule has 2 heterocycles. The van der Waals surface area contributed by atoms with Gasteiger partial charge in [-0.3, -0.25) is 4.79 Å². The van der Waals surface area contributed by atoms with E-state index in [0.717, 1.165) is 23.7 Å². The molecule has 0 aliphatic carbocycles. The van der Waals surface area contributed by atoms with Crippen molar-refractivity contribution in [3.63, 3.8) is 0 Å². The lowest BCUT2D eigenvalue weighted by Crippen LogP contribution is -2.36. The average molecular weight is 283 g/mol. The first-order valence-corrected chi connectivity index (χ1v) is 6.72. The highest BCUT2D eigenvalue weighted by atomic mass is 35.5. The third kappa shape index (κ3) is 1.68. The Balaban J connectivity index is 2.12. The molecule has 1 unspecified atom stereocenters. The summed E-state index contributed by atoms with van der Waals surface area (Å²) in [7, 11) is 1.79. The van der Waals surface area contributed by atoms with Crippen molar-refractivity contribution in [1.29, 1.82) is 0 Å². The predicted molar refractivity (Wildman–Crippen MR) is 72.2 cm³/mol. The maximum Gasteiger partial charge on any atom is 0.244 e. The predicted octanol–water partition coefficient (Wildman–Crippen LogP) is 1.67. The molecule has 0 radical (unpaired) electrons. The first-order valence-electron chi connectivity index (χ1n) is 5.62. The first-order chi connectivity index (χ1) is 8.72. The Morgan fingerprint density at radius 1 is 1.50 bits per heavy atom. The Morgan fingerprint density at radius 2 is 2.33 bits per heavy atom. The highest BCUT2D eigenvalue weighted by molar-refractivity contribution is 7.00. The zero-order valence-electron chi connectivity index (χ0n) is 9.68. The maximum absolute atomic E-state index is 12.2. The molecule has 1 amide bonds. The van der Waals surface area contributed by atoms with Crippen molar-refractivity contribution in [2.24, 2.45) is 0 Å². The van der Waals surface area contributed by atoms with Gasteiger partial charge in [-0.25, -0.2) is 0 Å². The zero-order valence-corrected chi connectivity index (χ0v) is 11.3. The van der Waals surface area contributed by atoms with Gasteiger partial charge in [-0.15, -0.1) is 0 Å². The number of rotatable bonds is 2. The number of halogens is 1. The third-order valence-electron chi connectivity index (χ3n) is 3.18. The lowest BCUT2D eigenvalue weighted by molar-refractivity contribution is -0.118. The molecule has 7 heteroatoms. The number of hydrogen-bond donors (Lipinski definition) is 1. The van der Waals surface area contributed by atoms with Crippen LogP contribution in [0.25, 0.3) is 11.0 Å². The number of anilines is 1. The number of nitrogens with zero attached hydrogens (tertiary/aromatic N) is 3. The summed E-state index contributed by atoms with van der Waals surface area (Å²) in [4.78, 5) is 13.9. The van der Waals surface area contributed by atoms with Gasteiger partial charge in [0.05, 0.1) is 28.5 Å². The Bertz CT molecular complexity index is 614. The van der Waals surface area contributed by atoms with Gasteiger partial charge in [0.1, 0.15) is 11.0 Å². The number of carbonyl (C=O) groups excluding carboxylic acids is 1. The summed E-state index contributed by atoms with van der Waals surface area (Å²) in [6.45, 7) is 0.653. The van der Waals surface area contributed by atoms with Crippen LogP contribution in [0.4, 0.5) is 5.69 Å². The zero-order chi connectivity index (χ0) is 12.7. The fraction of sp³-hybridized carbons (Fsp3) is 0.364. The highest BCUT2D eigenvalue weighted by Gasteiger charge is 2.33. The van der Waals surface area contributed by atoms with Crippen molar-refractivity contribution in [2.75, 3.05) is 18.5 Å². The van der Waals surface area contributed by atoms with Gasteiger partial charge in [-0.1, -0.05) is 11.6 Å². The van der Waals surface area contributed by atoms with Gasteiger partial charge in [0.25, 0.3) is 0 Å². The molecule has 1 aromatic heterocycles. The molecule has 2 aromatic rings. The molecule has 1 atom stereocenters. The van der Waals surface area contributed by atoms with Crippen molar-refractivity contribution in [2.45, 2.75) is 12.5 Å². The number of amides is 1. The van der Waals surface area contributed by atoms with E-state index in [4.69, 9.17) is 11.6 Å². The minimum atomic E-state index is -0.136. The van der Waals surface area contributed by atoms with Crippen molar-refractivity contribution in [3.8, 4) is 0 Å². The molecule has 1 aromatic carbocycles. The quantitative estimate of drug-likeness (QED) is 0.910. The van der Waals surface area contributed by atoms with Crippen LogP contribution in [0, 0.1) is 0 Å². The van der Waals surface area contributed by atoms with Crippen molar-refractivity contribution < 1.29 is 4.79 Å². The number of carbonyl (C=O) groups is 1. The van der Waals surface area contributed by atoms with E-state index in [9.17, 15) is 4.79 Å². The maximum atomic E-state index is 12.2. The summed E-state index contributed by atoms with van der Waals surface area (Å²) >= 11 is 7.35. The van der Waals surface area contributed by atoms with Gasteiger partial charge >= 0.3 is 0 Å². The van der Waals surface area contributed by atoms with Crippen molar-refractivity contribution in [3.05, 3.63) is 17.2 Å². The fourth-order valence-corrected chi connectivity index (χ4v) is 3.03. The smallest absolute Gasteiger partial charge is 0.244 e. The second-order valence-electron chi connectivity index (χ2n) is 4.15. The Kier molecular flexibility index (Phi) is 2.93. The molecule has 1 aliphatic rings. The van der Waals surface area contributed by atoms with E-state index >= 15 is 0 Å². The van der Waals surface area contributed by atoms with Gasteiger partial charge in [0.15, 0.2) is 0 Å². The van der Waals surface area contributed by atoms with Crippen LogP contribution in [-0.4, -0.2) is 34.3 Å². The van der Waals surface area contributed by atoms with E-state index in [1.165, 1.54) is 0 Å². The molecule has 94 valence electrons. The number of fused-ring (bicyclic) bond motifs is 1. The van der Waals surface area contributed by atoms with E-state index in [2.05, 4.69) is 14.1 Å². The Hall–Kier alpha value is -1.24. The summed E-state index contributed by atoms with van der Waals surface area (Å²) in [6, 6.07) is 3.45. The molecule has 5 nitrogen and oxygen atoms in total. The summed E-state index contributed by atoms with van der Waals surface area (Å²) < 4.78 is 8.42. The number of benzene rings is 1. The monoisotopic (exact) mass is 282 g/mol. The molecule has 1 aliphatic heterocycles. The number of aromatic nitrogens is 2. The summed E-state index contributed by atoms with van der Waals surface area (Å²) in [6.07, 6.45) is 0.777. The SMILES string of the molecule is CNC1CCN(c2c(Cl)ccc3nsnc23)C1=O. The molecule has 0 bridgehead atoms. The van der Waals surface area contributed by atoms with E-state index < -0.39 is 0 Å². The molecule has 1 N–H and O–H groups in total. The van der Waals surface area contributed by atoms with Crippen LogP contribution in [0.1, 0.15) is 6.42 Å². The molecular formula is C11H11ClN4OS. The van der Waals surface area contributed by atoms with Crippen LogP contribution in [0.5, 0.6) is 0 Å². The van der Waals surface area contributed by atoms with Gasteiger partial charge in [0, 0.05) is 6.54 Å². The number of nitrogens with one attached hydrogen (secondary N) is 1. The third-order valence-corrected chi connectivity index (χ3v) is 4.02. The van der Waals surface area contributed by atoms with Crippen LogP contribution in [0.2, 0.25) is 5.02 Å². The van der Waals surface area contributed by atoms with E-state index in [1.807, 2.05) is 6.07 Å². The molecule has 18 heavy (non-hydrogen) atoms. The first kappa shape index (κ1) is 11.8. The van der Waals surface area contributed by atoms with Gasteiger partial charge in [0.2, 0.25) is 5.91 Å². The standard InChI is InChI=1S/C11H11ClN4OS/c1-13-8-4-5-16(11(8)17)10-6(12)2-3-7-9(10)15-18-14-7/h2-3,8,13H,4-5H2,1H3. The normalized spacial score (nSPS) is 20.0. The largest absolute Gasteiger partial charge is 0.309 e. The topological polar surface area (TPSA) is 58.1 Å². The number of likely N-dealkylation sites (N-methyl/N-ethyl adjacent to an activating group) is 1. The minimum Gasteiger partial charge on any atom is -0.309 e. The molecule has 1 saturated heterocycles. The molecule has 0 saturated carbocycles. The molecular weight excluding hydrogens is 272 g/mol. The second kappa shape index (κ2) is 4.46. The summed E-state index contributed by atoms with van der Waals surface area (Å²) in [5.74, 6) is 0.0416. The number of hydrogen-bond acceptors (Lipinski definition) is 5. The average Bonchev–Trinajstić information content (AvgIpc) is 2.96. The van der Waals surface area contributed by atoms with Gasteiger partial charge < -0.3 is 10.2 Å². The van der Waals surface area contributed by atoms with Crippen molar-refractivity contribution >= 4 is 46.0 Å². The van der Waals surface area contributed by atoms with E-state index in [-0.39, 0.29) is 11.9 Å². The van der Waals surface area contributed by atoms with Gasteiger partial charge in [-0.05, 0) is 25.6 Å². The van der Waals surface area contributed by atoms with Crippen LogP contribution in [0.3, 0.4) is 0 Å². The second-order valence-corrected chi connectivity index (χ2v) is 5.08. The molecule has 3 rings (SSSR count). The summed E-state index contributed by atoms with van der Waals surface area (Å²) in [5, 5.41) is 3.55. The highest BCUT2D eigenvalue weighted by Crippen LogP contribution is 2.35. The molecule has 0 spiro atoms.